The molecule has 5 heteroatoms. The highest BCUT2D eigenvalue weighted by Gasteiger charge is 2.19. The summed E-state index contributed by atoms with van der Waals surface area (Å²) in [6.07, 6.45) is 0. The van der Waals surface area contributed by atoms with Gasteiger partial charge in [0.2, 0.25) is 0 Å². The van der Waals surface area contributed by atoms with Crippen molar-refractivity contribution < 1.29 is 4.74 Å². The first-order chi connectivity index (χ1) is 9.56. The number of thiophene rings is 1. The zero-order valence-corrected chi connectivity index (χ0v) is 14.3. The molecule has 1 heterocycles. The second kappa shape index (κ2) is 6.61. The van der Waals surface area contributed by atoms with E-state index in [4.69, 9.17) is 10.5 Å². The maximum atomic E-state index is 5.98. The van der Waals surface area contributed by atoms with Gasteiger partial charge < -0.3 is 15.4 Å². The van der Waals surface area contributed by atoms with E-state index in [1.807, 2.05) is 12.1 Å². The maximum absolute atomic E-state index is 5.98. The highest BCUT2D eigenvalue weighted by atomic mass is 79.9. The first kappa shape index (κ1) is 15.4. The van der Waals surface area contributed by atoms with Crippen molar-refractivity contribution >= 4 is 33.0 Å². The quantitative estimate of drug-likeness (QED) is 0.882. The Hall–Kier alpha value is -1.04. The molecule has 0 amide bonds. The van der Waals surface area contributed by atoms with Crippen LogP contribution in [0, 0.1) is 6.92 Å². The molecule has 20 heavy (non-hydrogen) atoms. The molecule has 1 atom stereocenters. The summed E-state index contributed by atoms with van der Waals surface area (Å²) < 4.78 is 6.34. The number of anilines is 1. The molecule has 0 spiro atoms. The van der Waals surface area contributed by atoms with Crippen molar-refractivity contribution in [1.82, 2.24) is 0 Å². The third kappa shape index (κ3) is 3.16. The van der Waals surface area contributed by atoms with Crippen LogP contribution in [0.25, 0.3) is 0 Å². The Kier molecular flexibility index (Phi) is 5.07. The molecule has 0 aliphatic heterocycles. The number of likely N-dealkylation sites (N-methyl/N-ethyl adjacent to an activating group) is 1. The summed E-state index contributed by atoms with van der Waals surface area (Å²) in [4.78, 5) is 4.76. The third-order valence-corrected chi connectivity index (χ3v) is 5.61. The van der Waals surface area contributed by atoms with Gasteiger partial charge in [0.05, 0.1) is 13.2 Å². The second-order valence-corrected chi connectivity index (χ2v) is 6.76. The van der Waals surface area contributed by atoms with Crippen LogP contribution < -0.4 is 15.4 Å². The van der Waals surface area contributed by atoms with Gasteiger partial charge in [-0.3, -0.25) is 0 Å². The lowest BCUT2D eigenvalue weighted by Gasteiger charge is -2.28. The third-order valence-electron chi connectivity index (χ3n) is 3.38. The molecule has 0 aliphatic carbocycles. The first-order valence-electron chi connectivity index (χ1n) is 6.39. The van der Waals surface area contributed by atoms with Crippen molar-refractivity contribution in [2.24, 2.45) is 5.73 Å². The number of ether oxygens (including phenoxy) is 1. The van der Waals surface area contributed by atoms with Gasteiger partial charge in [-0.15, -0.1) is 11.3 Å². The Morgan fingerprint density at radius 2 is 2.00 bits per heavy atom. The van der Waals surface area contributed by atoms with Gasteiger partial charge >= 0.3 is 0 Å². The Morgan fingerprint density at radius 3 is 2.45 bits per heavy atom. The minimum atomic E-state index is 0.179. The minimum Gasteiger partial charge on any atom is -0.497 e. The molecule has 0 bridgehead atoms. The molecule has 1 unspecified atom stereocenters. The van der Waals surface area contributed by atoms with Crippen LogP contribution in [0.3, 0.4) is 0 Å². The van der Waals surface area contributed by atoms with E-state index in [0.717, 1.165) is 15.9 Å². The lowest BCUT2D eigenvalue weighted by molar-refractivity contribution is 0.415. The van der Waals surface area contributed by atoms with Gasteiger partial charge in [-0.1, -0.05) is 0 Å². The van der Waals surface area contributed by atoms with Crippen LogP contribution in [0.4, 0.5) is 5.69 Å². The summed E-state index contributed by atoms with van der Waals surface area (Å²) in [5.74, 6) is 0.862. The van der Waals surface area contributed by atoms with Crippen LogP contribution in [0.1, 0.15) is 15.8 Å². The van der Waals surface area contributed by atoms with E-state index in [-0.39, 0.29) is 6.04 Å². The molecule has 2 rings (SSSR count). The fourth-order valence-corrected chi connectivity index (χ4v) is 3.83. The molecule has 0 fully saturated rings. The van der Waals surface area contributed by atoms with Crippen molar-refractivity contribution in [3.63, 3.8) is 0 Å². The Morgan fingerprint density at radius 1 is 1.35 bits per heavy atom. The standard InChI is InChI=1S/C15H19BrN2OS/c1-10-13(16)8-15(20-10)14(9-17)18(2)11-4-6-12(19-3)7-5-11/h4-8,14H,9,17H2,1-3H3. The van der Waals surface area contributed by atoms with Crippen molar-refractivity contribution in [3.8, 4) is 5.75 Å². The second-order valence-electron chi connectivity index (χ2n) is 4.61. The molecule has 108 valence electrons. The topological polar surface area (TPSA) is 38.5 Å². The van der Waals surface area contributed by atoms with Crippen LogP contribution in [-0.2, 0) is 0 Å². The van der Waals surface area contributed by atoms with Gasteiger partial charge in [0.15, 0.2) is 0 Å². The van der Waals surface area contributed by atoms with Gasteiger partial charge in [-0.25, -0.2) is 0 Å². The highest BCUT2D eigenvalue weighted by Crippen LogP contribution is 2.34. The average Bonchev–Trinajstić information content (AvgIpc) is 2.79. The number of nitrogens with zero attached hydrogens (tertiary/aromatic N) is 1. The smallest absolute Gasteiger partial charge is 0.119 e. The lowest BCUT2D eigenvalue weighted by Crippen LogP contribution is -2.29. The van der Waals surface area contributed by atoms with Crippen LogP contribution in [0.5, 0.6) is 5.75 Å². The average molecular weight is 355 g/mol. The predicted octanol–water partition coefficient (Wildman–Crippen LogP) is 3.96. The Labute approximate surface area is 132 Å². The lowest BCUT2D eigenvalue weighted by atomic mass is 10.2. The number of hydrogen-bond donors (Lipinski definition) is 1. The van der Waals surface area contributed by atoms with Crippen molar-refractivity contribution in [3.05, 3.63) is 44.6 Å². The van der Waals surface area contributed by atoms with Crippen molar-refractivity contribution in [2.45, 2.75) is 13.0 Å². The van der Waals surface area contributed by atoms with Crippen LogP contribution in [0.15, 0.2) is 34.8 Å². The number of nitrogens with two attached hydrogens (primary N) is 1. The van der Waals surface area contributed by atoms with E-state index in [0.29, 0.717) is 6.54 Å². The molecule has 3 nitrogen and oxygen atoms in total. The summed E-state index contributed by atoms with van der Waals surface area (Å²) in [6, 6.07) is 10.4. The molecule has 1 aromatic heterocycles. The summed E-state index contributed by atoms with van der Waals surface area (Å²) in [5.41, 5.74) is 7.11. The van der Waals surface area contributed by atoms with Gasteiger partial charge in [-0.2, -0.15) is 0 Å². The molecule has 2 N–H and O–H groups in total. The molecule has 2 aromatic rings. The highest BCUT2D eigenvalue weighted by molar-refractivity contribution is 9.10. The van der Waals surface area contributed by atoms with Crippen molar-refractivity contribution in [1.29, 1.82) is 0 Å². The molecule has 0 radical (unpaired) electrons. The van der Waals surface area contributed by atoms with E-state index >= 15 is 0 Å². The van der Waals surface area contributed by atoms with Crippen LogP contribution in [-0.4, -0.2) is 20.7 Å². The summed E-state index contributed by atoms with van der Waals surface area (Å²) in [7, 11) is 3.75. The van der Waals surface area contributed by atoms with Crippen molar-refractivity contribution in [2.75, 3.05) is 25.6 Å². The minimum absolute atomic E-state index is 0.179. The summed E-state index contributed by atoms with van der Waals surface area (Å²) in [6.45, 7) is 2.69. The SMILES string of the molecule is COc1ccc(N(C)C(CN)c2cc(Br)c(C)s2)cc1. The van der Waals surface area contributed by atoms with E-state index in [1.165, 1.54) is 9.75 Å². The van der Waals surface area contributed by atoms with Gasteiger partial charge in [0, 0.05) is 33.5 Å². The molecule has 1 aromatic carbocycles. The van der Waals surface area contributed by atoms with E-state index in [9.17, 15) is 0 Å². The molecular weight excluding hydrogens is 336 g/mol. The summed E-state index contributed by atoms with van der Waals surface area (Å²) >= 11 is 5.36. The van der Waals surface area contributed by atoms with E-state index in [1.54, 1.807) is 18.4 Å². The van der Waals surface area contributed by atoms with Gasteiger partial charge in [0.25, 0.3) is 0 Å². The predicted molar refractivity (Wildman–Crippen MR) is 89.9 cm³/mol. The normalized spacial score (nSPS) is 12.2. The fraction of sp³-hybridized carbons (Fsp3) is 0.333. The van der Waals surface area contributed by atoms with E-state index in [2.05, 4.69) is 53.0 Å². The molecule has 0 aliphatic rings. The number of halogens is 1. The summed E-state index contributed by atoms with van der Waals surface area (Å²) in [5, 5.41) is 0. The zero-order chi connectivity index (χ0) is 14.7. The maximum Gasteiger partial charge on any atom is 0.119 e. The van der Waals surface area contributed by atoms with Gasteiger partial charge in [0.1, 0.15) is 5.75 Å². The fourth-order valence-electron chi connectivity index (χ4n) is 2.11. The molecule has 0 saturated heterocycles. The zero-order valence-electron chi connectivity index (χ0n) is 11.9. The van der Waals surface area contributed by atoms with E-state index < -0.39 is 0 Å². The number of rotatable bonds is 5. The Balaban J connectivity index is 2.25. The largest absolute Gasteiger partial charge is 0.497 e. The van der Waals surface area contributed by atoms with Crippen LogP contribution >= 0.6 is 27.3 Å². The number of methoxy groups -OCH3 is 1. The number of aryl methyl sites for hydroxylation is 1. The number of hydrogen-bond acceptors (Lipinski definition) is 4. The van der Waals surface area contributed by atoms with Gasteiger partial charge in [-0.05, 0) is 53.2 Å². The Bertz CT molecular complexity index is 548. The monoisotopic (exact) mass is 354 g/mol. The molecular formula is C15H19BrN2OS. The van der Waals surface area contributed by atoms with Crippen LogP contribution in [0.2, 0.25) is 0 Å². The molecule has 0 saturated carbocycles. The first-order valence-corrected chi connectivity index (χ1v) is 8.00. The number of benzene rings is 1.